The summed E-state index contributed by atoms with van der Waals surface area (Å²) in [6, 6.07) is 1.34. The number of hydrogen-bond donors (Lipinski definition) is 4. The lowest BCUT2D eigenvalue weighted by Crippen LogP contribution is -2.58. The molecular formula is C26H38O9. The number of phenolic OH excluding ortho intramolecular Hbond substituents is 2. The number of aromatic hydroxyl groups is 2. The van der Waals surface area contributed by atoms with Crippen LogP contribution in [0, 0.1) is 11.8 Å². The van der Waals surface area contributed by atoms with Crippen molar-refractivity contribution in [2.45, 2.75) is 96.1 Å². The number of rotatable bonds is 10. The van der Waals surface area contributed by atoms with Crippen LogP contribution in [-0.2, 0) is 14.2 Å². The van der Waals surface area contributed by atoms with Gasteiger partial charge in [-0.25, -0.2) is 0 Å². The summed E-state index contributed by atoms with van der Waals surface area (Å²) in [5.74, 6) is -1.65. The first kappa shape index (κ1) is 27.5. The van der Waals surface area contributed by atoms with Crippen molar-refractivity contribution in [1.29, 1.82) is 0 Å². The molecule has 2 aliphatic heterocycles. The fraction of sp³-hybridized carbons (Fsp3) is 0.692. The average molecular weight is 495 g/mol. The Hall–Kier alpha value is -2.04. The van der Waals surface area contributed by atoms with Crippen molar-refractivity contribution >= 4 is 12.1 Å². The Morgan fingerprint density at radius 1 is 1.20 bits per heavy atom. The number of epoxide rings is 1. The van der Waals surface area contributed by atoms with Crippen LogP contribution in [0.1, 0.15) is 92.7 Å². The molecule has 35 heavy (non-hydrogen) atoms. The van der Waals surface area contributed by atoms with Crippen LogP contribution in [0.5, 0.6) is 11.5 Å². The molecule has 9 nitrogen and oxygen atoms in total. The lowest BCUT2D eigenvalue weighted by Gasteiger charge is -2.45. The molecule has 9 heteroatoms. The molecule has 0 amide bonds. The maximum Gasteiger partial charge on any atom is 0.189 e. The highest BCUT2D eigenvalue weighted by Gasteiger charge is 2.71. The molecular weight excluding hydrogens is 456 g/mol. The lowest BCUT2D eigenvalue weighted by atomic mass is 9.76. The number of aldehydes is 1. The minimum atomic E-state index is -1.42. The van der Waals surface area contributed by atoms with Crippen molar-refractivity contribution in [1.82, 2.24) is 0 Å². The van der Waals surface area contributed by atoms with Crippen molar-refractivity contribution in [2.24, 2.45) is 11.8 Å². The largest absolute Gasteiger partial charge is 0.507 e. The van der Waals surface area contributed by atoms with Gasteiger partial charge in [0.25, 0.3) is 0 Å². The number of ketones is 1. The Bertz CT molecular complexity index is 943. The van der Waals surface area contributed by atoms with Crippen molar-refractivity contribution in [3.05, 3.63) is 22.8 Å². The molecule has 4 N–H and O–H groups in total. The normalized spacial score (nSPS) is 31.2. The quantitative estimate of drug-likeness (QED) is 0.219. The number of ether oxygens (including phenoxy) is 3. The van der Waals surface area contributed by atoms with Crippen LogP contribution in [0.25, 0.3) is 0 Å². The van der Waals surface area contributed by atoms with Gasteiger partial charge in [-0.15, -0.1) is 0 Å². The van der Waals surface area contributed by atoms with E-state index in [-0.39, 0.29) is 41.9 Å². The summed E-state index contributed by atoms with van der Waals surface area (Å²) in [4.78, 5) is 25.2. The predicted octanol–water partition coefficient (Wildman–Crippen LogP) is 3.26. The smallest absolute Gasteiger partial charge is 0.189 e. The van der Waals surface area contributed by atoms with Crippen LogP contribution in [0.3, 0.4) is 0 Å². The predicted molar refractivity (Wildman–Crippen MR) is 126 cm³/mol. The molecule has 3 rings (SSSR count). The number of carbonyl (C=O) groups excluding carboxylic acids is 2. The molecule has 0 aromatic heterocycles. The van der Waals surface area contributed by atoms with Crippen molar-refractivity contribution in [3.63, 3.8) is 0 Å². The van der Waals surface area contributed by atoms with Gasteiger partial charge >= 0.3 is 0 Å². The van der Waals surface area contributed by atoms with E-state index < -0.39 is 52.5 Å². The number of phenols is 2. The van der Waals surface area contributed by atoms with Gasteiger partial charge in [-0.1, -0.05) is 41.0 Å². The van der Waals surface area contributed by atoms with E-state index in [1.165, 1.54) is 13.2 Å². The van der Waals surface area contributed by atoms with E-state index in [0.29, 0.717) is 19.1 Å². The van der Waals surface area contributed by atoms with Gasteiger partial charge in [0.1, 0.15) is 11.5 Å². The maximum atomic E-state index is 13.5. The molecule has 2 aliphatic rings. The summed E-state index contributed by atoms with van der Waals surface area (Å²) >= 11 is 0. The minimum absolute atomic E-state index is 0.0613. The van der Waals surface area contributed by atoms with Crippen LogP contribution in [0.2, 0.25) is 0 Å². The van der Waals surface area contributed by atoms with E-state index in [1.54, 1.807) is 0 Å². The van der Waals surface area contributed by atoms with E-state index in [9.17, 15) is 30.0 Å². The Morgan fingerprint density at radius 2 is 1.86 bits per heavy atom. The second-order valence-electron chi connectivity index (χ2n) is 10.5. The molecule has 1 aromatic rings. The third kappa shape index (κ3) is 4.72. The lowest BCUT2D eigenvalue weighted by molar-refractivity contribution is -0.272. The van der Waals surface area contributed by atoms with Gasteiger partial charge in [-0.2, -0.15) is 0 Å². The van der Waals surface area contributed by atoms with Crippen LogP contribution in [0.15, 0.2) is 6.07 Å². The fourth-order valence-electron chi connectivity index (χ4n) is 5.57. The SMILES string of the molecule is CCCC1(CC(=O)c2cc(C(OC)C(C)C)c(O)c(C=O)c2O)CC(O)C2(OC2C(C)C)C(O)O1. The number of aliphatic hydroxyl groups is 2. The Balaban J connectivity index is 1.97. The maximum absolute atomic E-state index is 13.5. The van der Waals surface area contributed by atoms with E-state index in [0.717, 1.165) is 0 Å². The van der Waals surface area contributed by atoms with Gasteiger partial charge in [-0.05, 0) is 24.3 Å². The first-order chi connectivity index (χ1) is 16.4. The summed E-state index contributed by atoms with van der Waals surface area (Å²) in [5.41, 5.74) is -2.75. The molecule has 2 fully saturated rings. The molecule has 6 atom stereocenters. The van der Waals surface area contributed by atoms with Crippen molar-refractivity contribution < 1.29 is 44.2 Å². The molecule has 0 aliphatic carbocycles. The van der Waals surface area contributed by atoms with E-state index in [1.807, 2.05) is 34.6 Å². The second-order valence-corrected chi connectivity index (χ2v) is 10.5. The van der Waals surface area contributed by atoms with E-state index in [2.05, 4.69) is 0 Å². The zero-order chi connectivity index (χ0) is 26.3. The zero-order valence-corrected chi connectivity index (χ0v) is 21.3. The van der Waals surface area contributed by atoms with Crippen LogP contribution in [0.4, 0.5) is 0 Å². The average Bonchev–Trinajstić information content (AvgIpc) is 3.52. The Kier molecular flexibility index (Phi) is 7.98. The number of Topliss-reactive ketones (excluding diaryl/α,β-unsaturated/α-hetero) is 1. The van der Waals surface area contributed by atoms with Crippen molar-refractivity contribution in [3.8, 4) is 11.5 Å². The number of aliphatic hydroxyl groups excluding tert-OH is 2. The van der Waals surface area contributed by atoms with E-state index in [4.69, 9.17) is 14.2 Å². The minimum Gasteiger partial charge on any atom is -0.507 e. The zero-order valence-electron chi connectivity index (χ0n) is 21.3. The highest BCUT2D eigenvalue weighted by Crippen LogP contribution is 2.54. The molecule has 0 bridgehead atoms. The van der Waals surface area contributed by atoms with Gasteiger partial charge in [0.15, 0.2) is 24.0 Å². The highest BCUT2D eigenvalue weighted by molar-refractivity contribution is 6.03. The summed E-state index contributed by atoms with van der Waals surface area (Å²) in [5, 5.41) is 43.1. The number of benzene rings is 1. The topological polar surface area (TPSA) is 146 Å². The van der Waals surface area contributed by atoms with Gasteiger partial charge in [0, 0.05) is 25.5 Å². The summed E-state index contributed by atoms with van der Waals surface area (Å²) in [7, 11) is 1.45. The Labute approximate surface area is 206 Å². The fourth-order valence-corrected chi connectivity index (χ4v) is 5.57. The van der Waals surface area contributed by atoms with Crippen molar-refractivity contribution in [2.75, 3.05) is 7.11 Å². The molecule has 1 spiro atoms. The summed E-state index contributed by atoms with van der Waals surface area (Å²) in [6.07, 6.45) is -2.38. The highest BCUT2D eigenvalue weighted by atomic mass is 16.7. The first-order valence-electron chi connectivity index (χ1n) is 12.2. The molecule has 1 aromatic carbocycles. The molecule has 2 heterocycles. The van der Waals surface area contributed by atoms with Crippen LogP contribution >= 0.6 is 0 Å². The number of methoxy groups -OCH3 is 1. The van der Waals surface area contributed by atoms with Gasteiger partial charge in [0.2, 0.25) is 0 Å². The van der Waals surface area contributed by atoms with Crippen LogP contribution < -0.4 is 0 Å². The summed E-state index contributed by atoms with van der Waals surface area (Å²) < 4.78 is 17.2. The van der Waals surface area contributed by atoms with Gasteiger partial charge in [0.05, 0.1) is 35.0 Å². The van der Waals surface area contributed by atoms with Gasteiger partial charge < -0.3 is 34.6 Å². The molecule has 0 saturated carbocycles. The molecule has 0 radical (unpaired) electrons. The number of hydrogen-bond acceptors (Lipinski definition) is 9. The van der Waals surface area contributed by atoms with Gasteiger partial charge in [-0.3, -0.25) is 9.59 Å². The molecule has 196 valence electrons. The first-order valence-corrected chi connectivity index (χ1v) is 12.2. The molecule has 6 unspecified atom stereocenters. The molecule has 2 saturated heterocycles. The van der Waals surface area contributed by atoms with E-state index >= 15 is 0 Å². The number of carbonyl (C=O) groups is 2. The standard InChI is InChI=1S/C26H38O9/c1-7-8-25(11-19(29)26(24(32)35-25)23(34-26)14(4)5)10-18(28)15-9-16(22(33-6)13(2)3)21(31)17(12-27)20(15)30/h9,12-14,19,22-24,29-32H,7-8,10-11H2,1-6H3. The summed E-state index contributed by atoms with van der Waals surface area (Å²) in [6.45, 7) is 9.47. The third-order valence-corrected chi connectivity index (χ3v) is 7.27. The second kappa shape index (κ2) is 10.1. The third-order valence-electron chi connectivity index (χ3n) is 7.27. The Morgan fingerprint density at radius 3 is 2.31 bits per heavy atom. The van der Waals surface area contributed by atoms with Crippen LogP contribution in [-0.4, -0.2) is 69.3 Å². The monoisotopic (exact) mass is 494 g/mol.